The molecule has 0 amide bonds. The Balaban J connectivity index is 2.64. The standard InChI is InChI=1S/C12H13N3O3/c1-15(6-7-16)11-8-4-2-3-5-9(8)13-10(14-11)12(17)18/h2-5,16H,6-7H2,1H3,(H,17,18). The summed E-state index contributed by atoms with van der Waals surface area (Å²) in [5.41, 5.74) is 0.574. The maximum Gasteiger partial charge on any atom is 0.374 e. The van der Waals surface area contributed by atoms with Crippen molar-refractivity contribution in [1.29, 1.82) is 0 Å². The highest BCUT2D eigenvalue weighted by molar-refractivity contribution is 5.93. The summed E-state index contributed by atoms with van der Waals surface area (Å²) in [6, 6.07) is 7.18. The Morgan fingerprint density at radius 3 is 2.72 bits per heavy atom. The highest BCUT2D eigenvalue weighted by Gasteiger charge is 2.14. The van der Waals surface area contributed by atoms with Gasteiger partial charge < -0.3 is 15.1 Å². The van der Waals surface area contributed by atoms with Crippen LogP contribution >= 0.6 is 0 Å². The number of hydrogen-bond acceptors (Lipinski definition) is 5. The number of carboxylic acid groups (broad SMARTS) is 1. The number of carboxylic acids is 1. The van der Waals surface area contributed by atoms with Gasteiger partial charge in [0, 0.05) is 19.0 Å². The predicted molar refractivity (Wildman–Crippen MR) is 66.9 cm³/mol. The van der Waals surface area contributed by atoms with Crippen molar-refractivity contribution in [3.8, 4) is 0 Å². The second kappa shape index (κ2) is 4.97. The van der Waals surface area contributed by atoms with Gasteiger partial charge in [-0.2, -0.15) is 0 Å². The zero-order valence-corrected chi connectivity index (χ0v) is 9.87. The molecule has 0 radical (unpaired) electrons. The van der Waals surface area contributed by atoms with E-state index in [0.29, 0.717) is 17.9 Å². The van der Waals surface area contributed by atoms with Crippen molar-refractivity contribution < 1.29 is 15.0 Å². The fraction of sp³-hybridized carbons (Fsp3) is 0.250. The van der Waals surface area contributed by atoms with E-state index in [1.54, 1.807) is 24.1 Å². The first-order valence-electron chi connectivity index (χ1n) is 5.45. The number of aromatic carboxylic acids is 1. The van der Waals surface area contributed by atoms with Crippen LogP contribution in [0.15, 0.2) is 24.3 Å². The molecule has 18 heavy (non-hydrogen) atoms. The lowest BCUT2D eigenvalue weighted by Crippen LogP contribution is -2.23. The molecule has 2 N–H and O–H groups in total. The van der Waals surface area contributed by atoms with Crippen molar-refractivity contribution in [2.75, 3.05) is 25.1 Å². The maximum absolute atomic E-state index is 11.0. The molecule has 0 aliphatic heterocycles. The molecule has 0 aliphatic carbocycles. The normalized spacial score (nSPS) is 10.6. The Hall–Kier alpha value is -2.21. The van der Waals surface area contributed by atoms with E-state index in [1.807, 2.05) is 12.1 Å². The summed E-state index contributed by atoms with van der Waals surface area (Å²) in [6.45, 7) is 0.345. The maximum atomic E-state index is 11.0. The SMILES string of the molecule is CN(CCO)c1nc(C(=O)O)nc2ccccc12. The minimum absolute atomic E-state index is 0.0305. The molecule has 0 bridgehead atoms. The van der Waals surface area contributed by atoms with Crippen LogP contribution in [0.4, 0.5) is 5.82 Å². The minimum Gasteiger partial charge on any atom is -0.475 e. The zero-order chi connectivity index (χ0) is 13.1. The van der Waals surface area contributed by atoms with Gasteiger partial charge in [0.15, 0.2) is 0 Å². The molecule has 1 aromatic carbocycles. The van der Waals surface area contributed by atoms with E-state index in [2.05, 4.69) is 9.97 Å². The summed E-state index contributed by atoms with van der Waals surface area (Å²) in [5, 5.41) is 18.7. The molecular formula is C12H13N3O3. The number of nitrogens with zero attached hydrogens (tertiary/aromatic N) is 3. The van der Waals surface area contributed by atoms with Crippen molar-refractivity contribution in [2.45, 2.75) is 0 Å². The number of aromatic nitrogens is 2. The third-order valence-electron chi connectivity index (χ3n) is 2.57. The van der Waals surface area contributed by atoms with Crippen LogP contribution in [0.25, 0.3) is 10.9 Å². The number of carbonyl (C=O) groups is 1. The number of hydrogen-bond donors (Lipinski definition) is 2. The summed E-state index contributed by atoms with van der Waals surface area (Å²) >= 11 is 0. The monoisotopic (exact) mass is 247 g/mol. The molecule has 0 spiro atoms. The molecule has 1 aromatic heterocycles. The van der Waals surface area contributed by atoms with E-state index in [9.17, 15) is 4.79 Å². The van der Waals surface area contributed by atoms with Gasteiger partial charge in [0.25, 0.3) is 0 Å². The van der Waals surface area contributed by atoms with Gasteiger partial charge >= 0.3 is 5.97 Å². The van der Waals surface area contributed by atoms with E-state index >= 15 is 0 Å². The van der Waals surface area contributed by atoms with Gasteiger partial charge in [-0.15, -0.1) is 0 Å². The molecule has 0 fully saturated rings. The van der Waals surface area contributed by atoms with Crippen LogP contribution in [-0.4, -0.2) is 46.3 Å². The van der Waals surface area contributed by atoms with Crippen molar-refractivity contribution in [1.82, 2.24) is 9.97 Å². The van der Waals surface area contributed by atoms with Crippen LogP contribution in [0, 0.1) is 0 Å². The molecule has 0 saturated carbocycles. The second-order valence-electron chi connectivity index (χ2n) is 3.84. The topological polar surface area (TPSA) is 86.5 Å². The number of anilines is 1. The van der Waals surface area contributed by atoms with E-state index in [4.69, 9.17) is 10.2 Å². The molecule has 6 heteroatoms. The largest absolute Gasteiger partial charge is 0.475 e. The molecule has 0 unspecified atom stereocenters. The van der Waals surface area contributed by atoms with Crippen molar-refractivity contribution in [3.05, 3.63) is 30.1 Å². The summed E-state index contributed by atoms with van der Waals surface area (Å²) in [7, 11) is 1.75. The molecule has 2 aromatic rings. The number of aliphatic hydroxyl groups excluding tert-OH is 1. The number of rotatable bonds is 4. The summed E-state index contributed by atoms with van der Waals surface area (Å²) in [5.74, 6) is -0.903. The quantitative estimate of drug-likeness (QED) is 0.829. The summed E-state index contributed by atoms with van der Waals surface area (Å²) < 4.78 is 0. The molecule has 0 saturated heterocycles. The smallest absolute Gasteiger partial charge is 0.374 e. The van der Waals surface area contributed by atoms with Gasteiger partial charge in [0.05, 0.1) is 12.1 Å². The predicted octanol–water partition coefficient (Wildman–Crippen LogP) is 0.756. The molecule has 1 heterocycles. The first kappa shape index (κ1) is 12.3. The van der Waals surface area contributed by atoms with Crippen molar-refractivity contribution >= 4 is 22.7 Å². The Kier molecular flexibility index (Phi) is 3.38. The van der Waals surface area contributed by atoms with Crippen LogP contribution in [0.1, 0.15) is 10.6 Å². The first-order valence-corrected chi connectivity index (χ1v) is 5.45. The Morgan fingerprint density at radius 1 is 1.33 bits per heavy atom. The number of para-hydroxylation sites is 1. The molecule has 2 rings (SSSR count). The first-order chi connectivity index (χ1) is 8.63. The van der Waals surface area contributed by atoms with Crippen molar-refractivity contribution in [3.63, 3.8) is 0 Å². The Morgan fingerprint density at radius 2 is 2.06 bits per heavy atom. The Labute approximate surface area is 104 Å². The lowest BCUT2D eigenvalue weighted by Gasteiger charge is -2.18. The highest BCUT2D eigenvalue weighted by atomic mass is 16.4. The molecular weight excluding hydrogens is 234 g/mol. The number of likely N-dealkylation sites (N-methyl/N-ethyl adjacent to an activating group) is 1. The third-order valence-corrected chi connectivity index (χ3v) is 2.57. The van der Waals surface area contributed by atoms with Gasteiger partial charge in [0.1, 0.15) is 5.82 Å². The lowest BCUT2D eigenvalue weighted by atomic mass is 10.2. The van der Waals surface area contributed by atoms with Gasteiger partial charge in [-0.3, -0.25) is 0 Å². The molecule has 6 nitrogen and oxygen atoms in total. The number of benzene rings is 1. The second-order valence-corrected chi connectivity index (χ2v) is 3.84. The highest BCUT2D eigenvalue weighted by Crippen LogP contribution is 2.22. The molecule has 0 atom stereocenters. The van der Waals surface area contributed by atoms with Crippen molar-refractivity contribution in [2.24, 2.45) is 0 Å². The summed E-state index contributed by atoms with van der Waals surface area (Å²) in [6.07, 6.45) is 0. The fourth-order valence-electron chi connectivity index (χ4n) is 1.70. The van der Waals surface area contributed by atoms with Crippen LogP contribution < -0.4 is 4.90 Å². The third kappa shape index (κ3) is 2.23. The Bertz CT molecular complexity index is 586. The number of aliphatic hydroxyl groups is 1. The summed E-state index contributed by atoms with van der Waals surface area (Å²) in [4.78, 5) is 20.7. The molecule has 0 aliphatic rings. The minimum atomic E-state index is -1.17. The van der Waals surface area contributed by atoms with Crippen LogP contribution in [0.2, 0.25) is 0 Å². The average molecular weight is 247 g/mol. The van der Waals surface area contributed by atoms with Crippen LogP contribution in [-0.2, 0) is 0 Å². The van der Waals surface area contributed by atoms with Gasteiger partial charge in [-0.05, 0) is 12.1 Å². The van der Waals surface area contributed by atoms with E-state index in [0.717, 1.165) is 5.39 Å². The van der Waals surface area contributed by atoms with Crippen LogP contribution in [0.3, 0.4) is 0 Å². The van der Waals surface area contributed by atoms with Gasteiger partial charge in [-0.25, -0.2) is 14.8 Å². The van der Waals surface area contributed by atoms with E-state index in [-0.39, 0.29) is 12.4 Å². The van der Waals surface area contributed by atoms with Crippen LogP contribution in [0.5, 0.6) is 0 Å². The van der Waals surface area contributed by atoms with E-state index in [1.165, 1.54) is 0 Å². The molecule has 94 valence electrons. The van der Waals surface area contributed by atoms with Gasteiger partial charge in [-0.1, -0.05) is 12.1 Å². The zero-order valence-electron chi connectivity index (χ0n) is 9.87. The van der Waals surface area contributed by atoms with Gasteiger partial charge in [0.2, 0.25) is 5.82 Å². The fourth-order valence-corrected chi connectivity index (χ4v) is 1.70. The average Bonchev–Trinajstić information content (AvgIpc) is 2.37. The lowest BCUT2D eigenvalue weighted by molar-refractivity contribution is 0.0684. The van der Waals surface area contributed by atoms with E-state index < -0.39 is 5.97 Å². The number of fused-ring (bicyclic) bond motifs is 1.